The highest BCUT2D eigenvalue weighted by molar-refractivity contribution is 5.90. The quantitative estimate of drug-likeness (QED) is 0.702. The fourth-order valence-corrected chi connectivity index (χ4v) is 3.25. The van der Waals surface area contributed by atoms with Crippen LogP contribution in [0, 0.1) is 5.82 Å². The Labute approximate surface area is 172 Å². The monoisotopic (exact) mass is 408 g/mol. The number of halogens is 1. The highest BCUT2D eigenvalue weighted by atomic mass is 19.1. The van der Waals surface area contributed by atoms with Gasteiger partial charge in [-0.1, -0.05) is 0 Å². The molecule has 1 aliphatic heterocycles. The van der Waals surface area contributed by atoms with Crippen LogP contribution in [0.5, 0.6) is 0 Å². The van der Waals surface area contributed by atoms with Gasteiger partial charge in [0.25, 0.3) is 5.56 Å². The van der Waals surface area contributed by atoms with Gasteiger partial charge in [-0.3, -0.25) is 9.59 Å². The fraction of sp³-hybridized carbons (Fsp3) is 0.227. The van der Waals surface area contributed by atoms with Crippen LogP contribution in [0.2, 0.25) is 0 Å². The van der Waals surface area contributed by atoms with Crippen molar-refractivity contribution in [2.75, 3.05) is 36.5 Å². The maximum Gasteiger partial charge on any atom is 0.267 e. The van der Waals surface area contributed by atoms with E-state index in [4.69, 9.17) is 4.74 Å². The average molecular weight is 408 g/mol. The summed E-state index contributed by atoms with van der Waals surface area (Å²) in [6.07, 6.45) is 0. The SMILES string of the molecule is O=C(Cn1nc(-c2ccc(F)cc2)ccc1=O)Nc1ccc(N2CCOCC2)cc1. The normalized spacial score (nSPS) is 13.8. The van der Waals surface area contributed by atoms with Gasteiger partial charge in [-0.2, -0.15) is 5.10 Å². The molecule has 0 atom stereocenters. The lowest BCUT2D eigenvalue weighted by atomic mass is 10.1. The number of nitrogens with zero attached hydrogens (tertiary/aromatic N) is 3. The lowest BCUT2D eigenvalue weighted by Gasteiger charge is -2.28. The molecule has 1 N–H and O–H groups in total. The topological polar surface area (TPSA) is 76.5 Å². The lowest BCUT2D eigenvalue weighted by molar-refractivity contribution is -0.117. The lowest BCUT2D eigenvalue weighted by Crippen LogP contribution is -2.36. The molecule has 8 heteroatoms. The number of anilines is 2. The zero-order valence-electron chi connectivity index (χ0n) is 16.3. The molecule has 7 nitrogen and oxygen atoms in total. The third-order valence-corrected chi connectivity index (χ3v) is 4.83. The number of amides is 1. The van der Waals surface area contributed by atoms with Crippen LogP contribution >= 0.6 is 0 Å². The van der Waals surface area contributed by atoms with Gasteiger partial charge in [-0.05, 0) is 54.6 Å². The molecule has 0 unspecified atom stereocenters. The minimum Gasteiger partial charge on any atom is -0.378 e. The van der Waals surface area contributed by atoms with Gasteiger partial charge in [0.15, 0.2) is 0 Å². The third-order valence-electron chi connectivity index (χ3n) is 4.83. The van der Waals surface area contributed by atoms with E-state index in [-0.39, 0.29) is 18.3 Å². The molecular weight excluding hydrogens is 387 g/mol. The molecule has 3 aromatic rings. The summed E-state index contributed by atoms with van der Waals surface area (Å²) in [5, 5.41) is 7.01. The molecule has 154 valence electrons. The molecule has 0 bridgehead atoms. The van der Waals surface area contributed by atoms with E-state index in [2.05, 4.69) is 15.3 Å². The van der Waals surface area contributed by atoms with Gasteiger partial charge in [0.05, 0.1) is 18.9 Å². The first-order chi connectivity index (χ1) is 14.6. The third kappa shape index (κ3) is 4.72. The van der Waals surface area contributed by atoms with Gasteiger partial charge >= 0.3 is 0 Å². The van der Waals surface area contributed by atoms with Crippen LogP contribution in [0.25, 0.3) is 11.3 Å². The van der Waals surface area contributed by atoms with Gasteiger partial charge < -0.3 is 15.0 Å². The number of ether oxygens (including phenoxy) is 1. The highest BCUT2D eigenvalue weighted by Gasteiger charge is 2.12. The largest absolute Gasteiger partial charge is 0.378 e. The van der Waals surface area contributed by atoms with E-state index in [9.17, 15) is 14.0 Å². The second-order valence-electron chi connectivity index (χ2n) is 6.92. The van der Waals surface area contributed by atoms with E-state index in [0.717, 1.165) is 23.5 Å². The van der Waals surface area contributed by atoms with Crippen molar-refractivity contribution >= 4 is 17.3 Å². The van der Waals surface area contributed by atoms with Crippen molar-refractivity contribution in [1.82, 2.24) is 9.78 Å². The minimum absolute atomic E-state index is 0.223. The molecular formula is C22H21FN4O3. The minimum atomic E-state index is -0.390. The molecule has 2 heterocycles. The number of carbonyl (C=O) groups is 1. The average Bonchev–Trinajstić information content (AvgIpc) is 2.77. The summed E-state index contributed by atoms with van der Waals surface area (Å²) in [6, 6.07) is 16.2. The van der Waals surface area contributed by atoms with Crippen LogP contribution in [0.1, 0.15) is 0 Å². The summed E-state index contributed by atoms with van der Waals surface area (Å²) in [4.78, 5) is 26.8. The number of hydrogen-bond donors (Lipinski definition) is 1. The van der Waals surface area contributed by atoms with E-state index in [1.807, 2.05) is 24.3 Å². The van der Waals surface area contributed by atoms with Crippen LogP contribution in [0.15, 0.2) is 65.5 Å². The first-order valence-corrected chi connectivity index (χ1v) is 9.65. The second kappa shape index (κ2) is 8.87. The molecule has 0 aliphatic carbocycles. The van der Waals surface area contributed by atoms with E-state index >= 15 is 0 Å². The molecule has 1 fully saturated rings. The number of hydrogen-bond acceptors (Lipinski definition) is 5. The van der Waals surface area contributed by atoms with Crippen molar-refractivity contribution < 1.29 is 13.9 Å². The number of aromatic nitrogens is 2. The predicted octanol–water partition coefficient (Wildman–Crippen LogP) is 2.52. The first-order valence-electron chi connectivity index (χ1n) is 9.65. The number of morpholine rings is 1. The Bertz CT molecular complexity index is 1070. The Balaban J connectivity index is 1.43. The molecule has 0 saturated carbocycles. The maximum absolute atomic E-state index is 13.1. The van der Waals surface area contributed by atoms with Crippen LogP contribution in [0.3, 0.4) is 0 Å². The highest BCUT2D eigenvalue weighted by Crippen LogP contribution is 2.19. The maximum atomic E-state index is 13.1. The molecule has 1 aliphatic rings. The Morgan fingerprint density at radius 2 is 1.70 bits per heavy atom. The van der Waals surface area contributed by atoms with Crippen molar-refractivity contribution in [2.24, 2.45) is 0 Å². The standard InChI is InChI=1S/C22H21FN4O3/c23-17-3-1-16(2-4-17)20-9-10-22(29)27(25-20)15-21(28)24-18-5-7-19(8-6-18)26-11-13-30-14-12-26/h1-10H,11-15H2,(H,24,28). The molecule has 1 saturated heterocycles. The number of benzene rings is 2. The molecule has 30 heavy (non-hydrogen) atoms. The van der Waals surface area contributed by atoms with Crippen molar-refractivity contribution in [3.8, 4) is 11.3 Å². The van der Waals surface area contributed by atoms with Gasteiger partial charge in [0, 0.05) is 36.1 Å². The summed E-state index contributed by atoms with van der Waals surface area (Å²) in [6.45, 7) is 2.86. The van der Waals surface area contributed by atoms with E-state index in [1.54, 1.807) is 18.2 Å². The molecule has 1 amide bonds. The van der Waals surface area contributed by atoms with Gasteiger partial charge in [-0.25, -0.2) is 9.07 Å². The Morgan fingerprint density at radius 1 is 1.00 bits per heavy atom. The van der Waals surface area contributed by atoms with Crippen molar-refractivity contribution in [3.05, 3.63) is 76.8 Å². The van der Waals surface area contributed by atoms with E-state index in [0.29, 0.717) is 30.2 Å². The molecule has 4 rings (SSSR count). The molecule has 1 aromatic heterocycles. The Morgan fingerprint density at radius 3 is 2.40 bits per heavy atom. The van der Waals surface area contributed by atoms with Gasteiger partial charge in [-0.15, -0.1) is 0 Å². The first kappa shape index (κ1) is 19.8. The van der Waals surface area contributed by atoms with E-state index in [1.165, 1.54) is 18.2 Å². The number of nitrogens with one attached hydrogen (secondary N) is 1. The van der Waals surface area contributed by atoms with Gasteiger partial charge in [0.1, 0.15) is 12.4 Å². The smallest absolute Gasteiger partial charge is 0.267 e. The van der Waals surface area contributed by atoms with Crippen LogP contribution < -0.4 is 15.8 Å². The molecule has 0 spiro atoms. The zero-order valence-corrected chi connectivity index (χ0v) is 16.3. The van der Waals surface area contributed by atoms with E-state index < -0.39 is 5.56 Å². The van der Waals surface area contributed by atoms with Crippen LogP contribution in [-0.4, -0.2) is 42.0 Å². The van der Waals surface area contributed by atoms with Gasteiger partial charge in [0.2, 0.25) is 5.91 Å². The number of rotatable bonds is 5. The Hall–Kier alpha value is -3.52. The molecule has 0 radical (unpaired) electrons. The van der Waals surface area contributed by atoms with Crippen molar-refractivity contribution in [1.29, 1.82) is 0 Å². The molecule has 2 aromatic carbocycles. The predicted molar refractivity (Wildman–Crippen MR) is 112 cm³/mol. The Kier molecular flexibility index (Phi) is 5.85. The number of carbonyl (C=O) groups excluding carboxylic acids is 1. The summed E-state index contributed by atoms with van der Waals surface area (Å²) in [7, 11) is 0. The van der Waals surface area contributed by atoms with Crippen LogP contribution in [0.4, 0.5) is 15.8 Å². The second-order valence-corrected chi connectivity index (χ2v) is 6.92. The summed E-state index contributed by atoms with van der Waals surface area (Å²) >= 11 is 0. The summed E-state index contributed by atoms with van der Waals surface area (Å²) in [5.41, 5.74) is 2.46. The fourth-order valence-electron chi connectivity index (χ4n) is 3.25. The zero-order chi connectivity index (χ0) is 20.9. The van der Waals surface area contributed by atoms with Crippen LogP contribution in [-0.2, 0) is 16.1 Å². The summed E-state index contributed by atoms with van der Waals surface area (Å²) < 4.78 is 19.6. The van der Waals surface area contributed by atoms with Crippen molar-refractivity contribution in [3.63, 3.8) is 0 Å². The van der Waals surface area contributed by atoms with Crippen molar-refractivity contribution in [2.45, 2.75) is 6.54 Å². The summed E-state index contributed by atoms with van der Waals surface area (Å²) in [5.74, 6) is -0.717.